The molecule has 0 heterocycles. The molecule has 0 bridgehead atoms. The highest BCUT2D eigenvalue weighted by atomic mass is 16.5. The fraction of sp³-hybridized carbons (Fsp3) is 0.533. The Morgan fingerprint density at radius 2 is 1.89 bits per heavy atom. The number of ether oxygens (including phenoxy) is 1. The smallest absolute Gasteiger partial charge is 0.186 e. The summed E-state index contributed by atoms with van der Waals surface area (Å²) in [7, 11) is 0. The summed E-state index contributed by atoms with van der Waals surface area (Å²) in [5, 5.41) is 0. The second kappa shape index (κ2) is 5.11. The van der Waals surface area contributed by atoms with Crippen molar-refractivity contribution in [2.45, 2.75) is 51.2 Å². The Bertz CT molecular complexity index is 434. The number of ketones is 1. The van der Waals surface area contributed by atoms with E-state index in [1.807, 2.05) is 38.1 Å². The van der Waals surface area contributed by atoms with Crippen molar-refractivity contribution in [3.63, 3.8) is 0 Å². The number of hydrogen-bond donors (Lipinski definition) is 1. The minimum absolute atomic E-state index is 0.0243. The standard InChI is InChI=1S/C15H21NO2/c1-11(2)18-13-8-4-3-7-12(13)14(17)15(16)9-5-6-10-15/h3-4,7-8,11H,5-6,9-10,16H2,1-2H3. The van der Waals surface area contributed by atoms with E-state index in [4.69, 9.17) is 10.5 Å². The Morgan fingerprint density at radius 1 is 1.28 bits per heavy atom. The first kappa shape index (κ1) is 13.1. The van der Waals surface area contributed by atoms with E-state index in [0.29, 0.717) is 11.3 Å². The van der Waals surface area contributed by atoms with Gasteiger partial charge in [-0.3, -0.25) is 4.79 Å². The largest absolute Gasteiger partial charge is 0.490 e. The third-order valence-electron chi connectivity index (χ3n) is 3.44. The molecule has 0 spiro atoms. The molecule has 2 rings (SSSR count). The zero-order valence-corrected chi connectivity index (χ0v) is 11.1. The summed E-state index contributed by atoms with van der Waals surface area (Å²) < 4.78 is 5.69. The normalized spacial score (nSPS) is 18.0. The molecule has 18 heavy (non-hydrogen) atoms. The predicted octanol–water partition coefficient (Wildman–Crippen LogP) is 2.93. The van der Waals surface area contributed by atoms with Crippen molar-refractivity contribution in [3.05, 3.63) is 29.8 Å². The van der Waals surface area contributed by atoms with Crippen molar-refractivity contribution in [2.75, 3.05) is 0 Å². The summed E-state index contributed by atoms with van der Waals surface area (Å²) in [6, 6.07) is 7.39. The Labute approximate surface area is 108 Å². The molecule has 0 radical (unpaired) electrons. The summed E-state index contributed by atoms with van der Waals surface area (Å²) in [4.78, 5) is 12.6. The second-order valence-corrected chi connectivity index (χ2v) is 5.36. The van der Waals surface area contributed by atoms with Crippen LogP contribution in [0.2, 0.25) is 0 Å². The molecular weight excluding hydrogens is 226 g/mol. The van der Waals surface area contributed by atoms with Gasteiger partial charge in [-0.15, -0.1) is 0 Å². The van der Waals surface area contributed by atoms with E-state index in [-0.39, 0.29) is 11.9 Å². The van der Waals surface area contributed by atoms with Gasteiger partial charge in [0.2, 0.25) is 0 Å². The zero-order chi connectivity index (χ0) is 13.2. The average molecular weight is 247 g/mol. The molecule has 0 aromatic heterocycles. The zero-order valence-electron chi connectivity index (χ0n) is 11.1. The lowest BCUT2D eigenvalue weighted by Gasteiger charge is -2.23. The molecule has 1 aromatic rings. The molecule has 0 saturated heterocycles. The topological polar surface area (TPSA) is 52.3 Å². The number of carbonyl (C=O) groups excluding carboxylic acids is 1. The lowest BCUT2D eigenvalue weighted by molar-refractivity contribution is 0.0886. The molecule has 0 aliphatic heterocycles. The Hall–Kier alpha value is -1.35. The van der Waals surface area contributed by atoms with Crippen LogP contribution in [-0.4, -0.2) is 17.4 Å². The van der Waals surface area contributed by atoms with Gasteiger partial charge >= 0.3 is 0 Å². The van der Waals surface area contributed by atoms with Gasteiger partial charge in [0.05, 0.1) is 17.2 Å². The SMILES string of the molecule is CC(C)Oc1ccccc1C(=O)C1(N)CCCC1. The number of rotatable bonds is 4. The van der Waals surface area contributed by atoms with Crippen molar-refractivity contribution in [1.29, 1.82) is 0 Å². The minimum Gasteiger partial charge on any atom is -0.490 e. The Kier molecular flexibility index (Phi) is 3.71. The van der Waals surface area contributed by atoms with Gasteiger partial charge in [0.1, 0.15) is 5.75 Å². The van der Waals surface area contributed by atoms with Gasteiger partial charge in [-0.25, -0.2) is 0 Å². The summed E-state index contributed by atoms with van der Waals surface area (Å²) in [6.45, 7) is 3.91. The van der Waals surface area contributed by atoms with Gasteiger partial charge in [0.15, 0.2) is 5.78 Å². The van der Waals surface area contributed by atoms with Crippen LogP contribution in [0.1, 0.15) is 49.9 Å². The van der Waals surface area contributed by atoms with Crippen LogP contribution in [0, 0.1) is 0 Å². The maximum absolute atomic E-state index is 12.6. The van der Waals surface area contributed by atoms with Crippen LogP contribution < -0.4 is 10.5 Å². The lowest BCUT2D eigenvalue weighted by Crippen LogP contribution is -2.45. The van der Waals surface area contributed by atoms with Crippen LogP contribution in [0.25, 0.3) is 0 Å². The maximum atomic E-state index is 12.6. The van der Waals surface area contributed by atoms with Crippen molar-refractivity contribution < 1.29 is 9.53 Å². The molecule has 1 fully saturated rings. The van der Waals surface area contributed by atoms with Crippen molar-refractivity contribution >= 4 is 5.78 Å². The first-order valence-electron chi connectivity index (χ1n) is 6.62. The average Bonchev–Trinajstić information content (AvgIpc) is 2.76. The molecule has 2 N–H and O–H groups in total. The number of Topliss-reactive ketones (excluding diaryl/α,β-unsaturated/α-hetero) is 1. The van der Waals surface area contributed by atoms with E-state index in [9.17, 15) is 4.79 Å². The monoisotopic (exact) mass is 247 g/mol. The number of benzene rings is 1. The third kappa shape index (κ3) is 2.56. The van der Waals surface area contributed by atoms with Crippen LogP contribution in [0.15, 0.2) is 24.3 Å². The molecule has 1 aliphatic rings. The van der Waals surface area contributed by atoms with E-state index in [0.717, 1.165) is 25.7 Å². The van der Waals surface area contributed by atoms with Crippen LogP contribution in [0.3, 0.4) is 0 Å². The van der Waals surface area contributed by atoms with Crippen molar-refractivity contribution in [1.82, 2.24) is 0 Å². The van der Waals surface area contributed by atoms with E-state index in [1.54, 1.807) is 0 Å². The molecule has 1 aromatic carbocycles. The highest BCUT2D eigenvalue weighted by Gasteiger charge is 2.38. The number of hydrogen-bond acceptors (Lipinski definition) is 3. The number of carbonyl (C=O) groups is 1. The van der Waals surface area contributed by atoms with E-state index < -0.39 is 5.54 Å². The summed E-state index contributed by atoms with van der Waals surface area (Å²) in [5.74, 6) is 0.672. The Balaban J connectivity index is 2.29. The fourth-order valence-electron chi connectivity index (χ4n) is 2.51. The lowest BCUT2D eigenvalue weighted by atomic mass is 9.88. The van der Waals surface area contributed by atoms with Crippen LogP contribution >= 0.6 is 0 Å². The molecule has 0 amide bonds. The molecule has 1 saturated carbocycles. The first-order valence-corrected chi connectivity index (χ1v) is 6.62. The molecule has 3 nitrogen and oxygen atoms in total. The molecule has 3 heteroatoms. The molecule has 1 aliphatic carbocycles. The summed E-state index contributed by atoms with van der Waals surface area (Å²) in [5.41, 5.74) is 6.17. The van der Waals surface area contributed by atoms with Crippen molar-refractivity contribution in [2.24, 2.45) is 5.73 Å². The van der Waals surface area contributed by atoms with E-state index >= 15 is 0 Å². The molecular formula is C15H21NO2. The number of para-hydroxylation sites is 1. The summed E-state index contributed by atoms with van der Waals surface area (Å²) in [6.07, 6.45) is 3.69. The highest BCUT2D eigenvalue weighted by molar-refractivity contribution is 6.05. The van der Waals surface area contributed by atoms with Gasteiger partial charge in [-0.1, -0.05) is 25.0 Å². The van der Waals surface area contributed by atoms with Crippen LogP contribution in [0.4, 0.5) is 0 Å². The van der Waals surface area contributed by atoms with Gasteiger partial charge in [0.25, 0.3) is 0 Å². The van der Waals surface area contributed by atoms with Gasteiger partial charge in [0, 0.05) is 0 Å². The first-order chi connectivity index (χ1) is 8.53. The molecule has 0 unspecified atom stereocenters. The van der Waals surface area contributed by atoms with Crippen molar-refractivity contribution in [3.8, 4) is 5.75 Å². The van der Waals surface area contributed by atoms with Gasteiger partial charge < -0.3 is 10.5 Å². The minimum atomic E-state index is -0.684. The predicted molar refractivity (Wildman–Crippen MR) is 71.9 cm³/mol. The Morgan fingerprint density at radius 3 is 2.50 bits per heavy atom. The second-order valence-electron chi connectivity index (χ2n) is 5.36. The third-order valence-corrected chi connectivity index (χ3v) is 3.44. The van der Waals surface area contributed by atoms with Gasteiger partial charge in [-0.05, 0) is 38.8 Å². The molecule has 98 valence electrons. The highest BCUT2D eigenvalue weighted by Crippen LogP contribution is 2.33. The summed E-state index contributed by atoms with van der Waals surface area (Å²) >= 11 is 0. The number of nitrogens with two attached hydrogens (primary N) is 1. The van der Waals surface area contributed by atoms with Crippen LogP contribution in [-0.2, 0) is 0 Å². The molecule has 0 atom stereocenters. The quantitative estimate of drug-likeness (QED) is 0.832. The fourth-order valence-corrected chi connectivity index (χ4v) is 2.51. The van der Waals surface area contributed by atoms with E-state index in [2.05, 4.69) is 0 Å². The van der Waals surface area contributed by atoms with Gasteiger partial charge in [-0.2, -0.15) is 0 Å². The van der Waals surface area contributed by atoms with Crippen LogP contribution in [0.5, 0.6) is 5.75 Å². The maximum Gasteiger partial charge on any atom is 0.186 e. The van der Waals surface area contributed by atoms with E-state index in [1.165, 1.54) is 0 Å².